The van der Waals surface area contributed by atoms with Crippen LogP contribution in [0.25, 0.3) is 0 Å². The summed E-state index contributed by atoms with van der Waals surface area (Å²) < 4.78 is 6.56. The number of carbonyl (C=O) groups is 2. The number of anilines is 1. The Balaban J connectivity index is 1.74. The molecular formula is C18H22N4O3. The molecule has 7 nitrogen and oxygen atoms in total. The van der Waals surface area contributed by atoms with Gasteiger partial charge in [-0.05, 0) is 50.1 Å². The highest BCUT2D eigenvalue weighted by molar-refractivity contribution is 6.04. The molecule has 1 saturated heterocycles. The molecule has 132 valence electrons. The van der Waals surface area contributed by atoms with Gasteiger partial charge in [-0.3, -0.25) is 9.48 Å². The summed E-state index contributed by atoms with van der Waals surface area (Å²) in [5.74, 6) is -0.739. The summed E-state index contributed by atoms with van der Waals surface area (Å²) in [7, 11) is 1.33. The fourth-order valence-corrected chi connectivity index (χ4v) is 2.91. The van der Waals surface area contributed by atoms with Crippen molar-refractivity contribution in [2.45, 2.75) is 25.8 Å². The number of aromatic nitrogens is 2. The lowest BCUT2D eigenvalue weighted by Gasteiger charge is -2.22. The second-order valence-corrected chi connectivity index (χ2v) is 6.16. The lowest BCUT2D eigenvalue weighted by Crippen LogP contribution is -2.32. The van der Waals surface area contributed by atoms with E-state index >= 15 is 0 Å². The molecule has 0 bridgehead atoms. The molecule has 1 atom stereocenters. The van der Waals surface area contributed by atoms with Gasteiger partial charge in [0.1, 0.15) is 0 Å². The first kappa shape index (κ1) is 17.2. The van der Waals surface area contributed by atoms with E-state index in [0.29, 0.717) is 16.9 Å². The molecule has 0 aliphatic carbocycles. The van der Waals surface area contributed by atoms with Crippen molar-refractivity contribution in [1.29, 1.82) is 0 Å². The van der Waals surface area contributed by atoms with Crippen molar-refractivity contribution < 1.29 is 14.3 Å². The molecule has 0 radical (unpaired) electrons. The van der Waals surface area contributed by atoms with Crippen LogP contribution in [0.15, 0.2) is 30.5 Å². The summed E-state index contributed by atoms with van der Waals surface area (Å²) in [6, 6.07) is 7.04. The maximum absolute atomic E-state index is 12.5. The first-order valence-electron chi connectivity index (χ1n) is 8.34. The van der Waals surface area contributed by atoms with Crippen LogP contribution in [0, 0.1) is 6.92 Å². The van der Waals surface area contributed by atoms with Crippen LogP contribution in [0.3, 0.4) is 0 Å². The second-order valence-electron chi connectivity index (χ2n) is 6.16. The van der Waals surface area contributed by atoms with Gasteiger partial charge in [-0.1, -0.05) is 6.07 Å². The molecule has 1 fully saturated rings. The minimum Gasteiger partial charge on any atom is -0.465 e. The molecule has 1 aromatic carbocycles. The van der Waals surface area contributed by atoms with Crippen molar-refractivity contribution in [1.82, 2.24) is 15.1 Å². The summed E-state index contributed by atoms with van der Waals surface area (Å²) in [4.78, 5) is 24.1. The summed E-state index contributed by atoms with van der Waals surface area (Å²) in [6.07, 6.45) is 3.99. The van der Waals surface area contributed by atoms with Crippen LogP contribution in [0.1, 0.15) is 45.3 Å². The molecule has 25 heavy (non-hydrogen) atoms. The molecule has 2 heterocycles. The Labute approximate surface area is 146 Å². The number of methoxy groups -OCH3 is 1. The number of hydrogen-bond acceptors (Lipinski definition) is 5. The zero-order valence-electron chi connectivity index (χ0n) is 14.4. The van der Waals surface area contributed by atoms with Crippen molar-refractivity contribution >= 4 is 17.6 Å². The number of rotatable bonds is 4. The number of benzene rings is 1. The molecule has 2 N–H and O–H groups in total. The Morgan fingerprint density at radius 3 is 2.92 bits per heavy atom. The Bertz CT molecular complexity index is 778. The number of amides is 1. The number of nitrogens with one attached hydrogen (secondary N) is 2. The standard InChI is InChI=1S/C18H22N4O3/c1-12-5-6-13(18(24)25-2)10-16(12)20-17(23)15-7-9-22(21-15)14-4-3-8-19-11-14/h5-7,9-10,14,19H,3-4,8,11H2,1-2H3,(H,20,23). The topological polar surface area (TPSA) is 85.2 Å². The molecule has 7 heteroatoms. The first-order chi connectivity index (χ1) is 12.1. The fourth-order valence-electron chi connectivity index (χ4n) is 2.91. The van der Waals surface area contributed by atoms with Crippen LogP contribution >= 0.6 is 0 Å². The number of nitrogens with zero attached hydrogens (tertiary/aromatic N) is 2. The average Bonchev–Trinajstić information content (AvgIpc) is 3.14. The molecule has 2 aromatic rings. The molecule has 1 amide bonds. The summed E-state index contributed by atoms with van der Waals surface area (Å²) in [5.41, 5.74) is 2.18. The zero-order chi connectivity index (χ0) is 17.8. The predicted molar refractivity (Wildman–Crippen MR) is 93.8 cm³/mol. The number of esters is 1. The third-order valence-corrected chi connectivity index (χ3v) is 4.39. The number of carbonyl (C=O) groups excluding carboxylic acids is 2. The maximum atomic E-state index is 12.5. The van der Waals surface area contributed by atoms with Crippen LogP contribution in [0.5, 0.6) is 0 Å². The van der Waals surface area contributed by atoms with E-state index in [9.17, 15) is 9.59 Å². The minimum atomic E-state index is -0.440. The van der Waals surface area contributed by atoms with Crippen LogP contribution in [0.2, 0.25) is 0 Å². The van der Waals surface area contributed by atoms with Gasteiger partial charge < -0.3 is 15.4 Å². The van der Waals surface area contributed by atoms with Crippen molar-refractivity contribution in [3.8, 4) is 0 Å². The number of piperidine rings is 1. The van der Waals surface area contributed by atoms with Crippen LogP contribution in [0.4, 0.5) is 5.69 Å². The predicted octanol–water partition coefficient (Wildman–Crippen LogP) is 2.15. The third-order valence-electron chi connectivity index (χ3n) is 4.39. The monoisotopic (exact) mass is 342 g/mol. The normalized spacial score (nSPS) is 17.1. The second kappa shape index (κ2) is 7.48. The highest BCUT2D eigenvalue weighted by atomic mass is 16.5. The average molecular weight is 342 g/mol. The number of ether oxygens (including phenoxy) is 1. The Hall–Kier alpha value is -2.67. The fraction of sp³-hybridized carbons (Fsp3) is 0.389. The van der Waals surface area contributed by atoms with Gasteiger partial charge in [0.15, 0.2) is 5.69 Å². The van der Waals surface area contributed by atoms with Crippen molar-refractivity contribution in [2.24, 2.45) is 0 Å². The van der Waals surface area contributed by atoms with Gasteiger partial charge in [-0.2, -0.15) is 5.10 Å². The van der Waals surface area contributed by atoms with Gasteiger partial charge in [0.05, 0.1) is 18.7 Å². The molecule has 1 aliphatic rings. The molecule has 1 aliphatic heterocycles. The van der Waals surface area contributed by atoms with E-state index in [-0.39, 0.29) is 11.9 Å². The quantitative estimate of drug-likeness (QED) is 0.832. The highest BCUT2D eigenvalue weighted by Gasteiger charge is 2.18. The van der Waals surface area contributed by atoms with Gasteiger partial charge in [-0.15, -0.1) is 0 Å². The molecule has 0 spiro atoms. The van der Waals surface area contributed by atoms with E-state index in [4.69, 9.17) is 4.74 Å². The molecule has 0 saturated carbocycles. The first-order valence-corrected chi connectivity index (χ1v) is 8.34. The van der Waals surface area contributed by atoms with Gasteiger partial charge in [0, 0.05) is 18.4 Å². The third kappa shape index (κ3) is 3.88. The van der Waals surface area contributed by atoms with Crippen LogP contribution in [-0.4, -0.2) is 41.9 Å². The van der Waals surface area contributed by atoms with Crippen molar-refractivity contribution in [2.75, 3.05) is 25.5 Å². The lowest BCUT2D eigenvalue weighted by molar-refractivity contribution is 0.0600. The largest absolute Gasteiger partial charge is 0.465 e. The SMILES string of the molecule is COC(=O)c1ccc(C)c(NC(=O)c2ccn(C3CCCNC3)n2)c1. The van der Waals surface area contributed by atoms with E-state index in [1.165, 1.54) is 7.11 Å². The highest BCUT2D eigenvalue weighted by Crippen LogP contribution is 2.19. The molecule has 1 aromatic heterocycles. The Morgan fingerprint density at radius 1 is 1.36 bits per heavy atom. The summed E-state index contributed by atoms with van der Waals surface area (Å²) in [5, 5.41) is 10.6. The molecule has 1 unspecified atom stereocenters. The number of hydrogen-bond donors (Lipinski definition) is 2. The molecule has 3 rings (SSSR count). The van der Waals surface area contributed by atoms with Gasteiger partial charge in [0.25, 0.3) is 5.91 Å². The van der Waals surface area contributed by atoms with E-state index in [1.807, 2.05) is 17.8 Å². The van der Waals surface area contributed by atoms with Gasteiger partial charge in [-0.25, -0.2) is 4.79 Å². The summed E-state index contributed by atoms with van der Waals surface area (Å²) >= 11 is 0. The smallest absolute Gasteiger partial charge is 0.337 e. The lowest BCUT2D eigenvalue weighted by atomic mass is 10.1. The van der Waals surface area contributed by atoms with Crippen LogP contribution < -0.4 is 10.6 Å². The Morgan fingerprint density at radius 2 is 2.20 bits per heavy atom. The summed E-state index contributed by atoms with van der Waals surface area (Å²) in [6.45, 7) is 3.76. The van der Waals surface area contributed by atoms with Gasteiger partial charge >= 0.3 is 5.97 Å². The van der Waals surface area contributed by atoms with Crippen LogP contribution in [-0.2, 0) is 4.74 Å². The molecular weight excluding hydrogens is 320 g/mol. The van der Waals surface area contributed by atoms with E-state index in [2.05, 4.69) is 15.7 Å². The van der Waals surface area contributed by atoms with Gasteiger partial charge in [0.2, 0.25) is 0 Å². The van der Waals surface area contributed by atoms with Crippen molar-refractivity contribution in [3.05, 3.63) is 47.3 Å². The Kier molecular flexibility index (Phi) is 5.14. The van der Waals surface area contributed by atoms with E-state index in [1.54, 1.807) is 24.3 Å². The van der Waals surface area contributed by atoms with E-state index in [0.717, 1.165) is 31.5 Å². The van der Waals surface area contributed by atoms with E-state index < -0.39 is 5.97 Å². The zero-order valence-corrected chi connectivity index (χ0v) is 14.4. The number of aryl methyl sites for hydroxylation is 1. The van der Waals surface area contributed by atoms with Crippen molar-refractivity contribution in [3.63, 3.8) is 0 Å². The minimum absolute atomic E-state index is 0.277. The maximum Gasteiger partial charge on any atom is 0.337 e.